The molecule has 0 heterocycles. The largest absolute Gasteiger partial charge is 0.477 e. The number of carboxylic acids is 1. The lowest BCUT2D eigenvalue weighted by atomic mass is 10.0. The topological polar surface area (TPSA) is 99.1 Å². The SMILES string of the molecule is CC/C=C\C/C=C\C/C=C\C/C=C\C/C=C\CCCCCC(=O)OC(COCCC(C(=O)O)[N+](C)(C)C)COC(=O)CCCCCCCCCCCCCCCCCCCCCCCC. The predicted octanol–water partition coefficient (Wildman–Crippen LogP) is 15.7. The van der Waals surface area contributed by atoms with Crippen LogP contribution in [0.2, 0.25) is 0 Å². The summed E-state index contributed by atoms with van der Waals surface area (Å²) in [6.07, 6.45) is 59.9. The zero-order chi connectivity index (χ0) is 47.7. The van der Waals surface area contributed by atoms with Gasteiger partial charge >= 0.3 is 17.9 Å². The first kappa shape index (κ1) is 62.0. The van der Waals surface area contributed by atoms with Crippen LogP contribution >= 0.6 is 0 Å². The third-order valence-corrected chi connectivity index (χ3v) is 11.9. The molecule has 1 N–H and O–H groups in total. The van der Waals surface area contributed by atoms with Crippen molar-refractivity contribution in [1.29, 1.82) is 0 Å². The van der Waals surface area contributed by atoms with Gasteiger partial charge in [-0.05, 0) is 57.8 Å². The van der Waals surface area contributed by atoms with Crippen LogP contribution in [0.5, 0.6) is 0 Å². The number of rotatable bonds is 48. The molecule has 65 heavy (non-hydrogen) atoms. The van der Waals surface area contributed by atoms with Crippen molar-refractivity contribution in [2.24, 2.45) is 0 Å². The van der Waals surface area contributed by atoms with E-state index in [2.05, 4.69) is 74.6 Å². The van der Waals surface area contributed by atoms with Crippen LogP contribution in [0.15, 0.2) is 60.8 Å². The standard InChI is InChI=1S/C57H101NO7/c1-6-8-10-12-14-16-18-20-22-24-26-27-28-30-31-33-35-37-39-41-43-45-47-55(59)64-52-53(51-63-50-49-54(57(61)62)58(3,4)5)65-56(60)48-46-44-42-40-38-36-34-32-29-25-23-21-19-17-15-13-11-9-7-2/h9,11,15,17,21,23,29,32,36,38,53-54H,6-8,10,12-14,16,18-20,22,24-28,30-31,33-35,37,39-52H2,1-5H3/p+1/b11-9-,17-15-,23-21-,32-29-,38-36-. The minimum absolute atomic E-state index is 0.0476. The van der Waals surface area contributed by atoms with Crippen molar-refractivity contribution < 1.29 is 38.2 Å². The van der Waals surface area contributed by atoms with Gasteiger partial charge in [-0.3, -0.25) is 9.59 Å². The van der Waals surface area contributed by atoms with Crippen molar-refractivity contribution in [3.8, 4) is 0 Å². The van der Waals surface area contributed by atoms with E-state index in [0.717, 1.165) is 77.0 Å². The van der Waals surface area contributed by atoms with Crippen LogP contribution in [0.25, 0.3) is 0 Å². The molecule has 0 rings (SSSR count). The van der Waals surface area contributed by atoms with E-state index in [4.69, 9.17) is 14.2 Å². The first-order valence-electron chi connectivity index (χ1n) is 26.8. The van der Waals surface area contributed by atoms with Gasteiger partial charge in [0.15, 0.2) is 12.1 Å². The molecular weight excluding hydrogens is 811 g/mol. The number of hydrogen-bond acceptors (Lipinski definition) is 6. The number of carboxylic acid groups (broad SMARTS) is 1. The number of allylic oxidation sites excluding steroid dienone is 10. The van der Waals surface area contributed by atoms with Crippen LogP contribution in [0, 0.1) is 0 Å². The maximum absolute atomic E-state index is 12.8. The molecule has 0 saturated heterocycles. The molecule has 2 atom stereocenters. The maximum Gasteiger partial charge on any atom is 0.362 e. The average molecular weight is 913 g/mol. The van der Waals surface area contributed by atoms with Crippen molar-refractivity contribution in [2.75, 3.05) is 41.0 Å². The maximum atomic E-state index is 12.8. The summed E-state index contributed by atoms with van der Waals surface area (Å²) in [6, 6.07) is -0.623. The Morgan fingerprint density at radius 3 is 1.28 bits per heavy atom. The highest BCUT2D eigenvalue weighted by Gasteiger charge is 2.31. The normalized spacial score (nSPS) is 13.3. The third kappa shape index (κ3) is 46.0. The van der Waals surface area contributed by atoms with Gasteiger partial charge in [-0.25, -0.2) is 4.79 Å². The molecule has 0 aliphatic heterocycles. The second-order valence-corrected chi connectivity index (χ2v) is 19.1. The van der Waals surface area contributed by atoms with E-state index >= 15 is 0 Å². The molecule has 376 valence electrons. The van der Waals surface area contributed by atoms with Crippen molar-refractivity contribution in [1.82, 2.24) is 0 Å². The van der Waals surface area contributed by atoms with E-state index in [0.29, 0.717) is 12.8 Å². The smallest absolute Gasteiger partial charge is 0.362 e. The lowest BCUT2D eigenvalue weighted by Gasteiger charge is -2.31. The monoisotopic (exact) mass is 913 g/mol. The lowest BCUT2D eigenvalue weighted by Crippen LogP contribution is -2.50. The van der Waals surface area contributed by atoms with Gasteiger partial charge < -0.3 is 23.8 Å². The summed E-state index contributed by atoms with van der Waals surface area (Å²) in [7, 11) is 5.53. The Balaban J connectivity index is 4.24. The molecule has 0 spiro atoms. The van der Waals surface area contributed by atoms with Gasteiger partial charge in [0.05, 0.1) is 34.4 Å². The highest BCUT2D eigenvalue weighted by Crippen LogP contribution is 2.16. The van der Waals surface area contributed by atoms with Crippen LogP contribution in [-0.2, 0) is 28.6 Å². The Labute approximate surface area is 400 Å². The van der Waals surface area contributed by atoms with E-state index in [1.54, 1.807) is 0 Å². The number of carbonyl (C=O) groups is 3. The summed E-state index contributed by atoms with van der Waals surface area (Å²) < 4.78 is 17.3. The van der Waals surface area contributed by atoms with E-state index in [-0.39, 0.29) is 42.7 Å². The van der Waals surface area contributed by atoms with Crippen molar-refractivity contribution in [2.45, 2.75) is 244 Å². The van der Waals surface area contributed by atoms with Crippen LogP contribution in [-0.4, -0.2) is 80.6 Å². The molecule has 2 unspecified atom stereocenters. The summed E-state index contributed by atoms with van der Waals surface area (Å²) in [5.74, 6) is -1.50. The molecule has 0 aliphatic rings. The molecule has 0 aromatic heterocycles. The van der Waals surface area contributed by atoms with Crippen molar-refractivity contribution in [3.63, 3.8) is 0 Å². The van der Waals surface area contributed by atoms with Crippen LogP contribution in [0.4, 0.5) is 0 Å². The zero-order valence-electron chi connectivity index (χ0n) is 42.9. The summed E-state index contributed by atoms with van der Waals surface area (Å²) in [5, 5.41) is 9.66. The van der Waals surface area contributed by atoms with Crippen molar-refractivity contribution >= 4 is 17.9 Å². The Morgan fingerprint density at radius 1 is 0.477 bits per heavy atom. The molecule has 0 fully saturated rings. The number of carbonyl (C=O) groups excluding carboxylic acids is 2. The zero-order valence-corrected chi connectivity index (χ0v) is 42.9. The van der Waals surface area contributed by atoms with Gasteiger partial charge in [-0.15, -0.1) is 0 Å². The van der Waals surface area contributed by atoms with E-state index in [1.165, 1.54) is 122 Å². The average Bonchev–Trinajstić information content (AvgIpc) is 3.27. The number of likely N-dealkylation sites (N-methyl/N-ethyl adjacent to an activating group) is 1. The summed E-state index contributed by atoms with van der Waals surface area (Å²) >= 11 is 0. The molecule has 0 saturated carbocycles. The first-order chi connectivity index (χ1) is 31.6. The highest BCUT2D eigenvalue weighted by atomic mass is 16.6. The molecule has 0 aliphatic carbocycles. The molecule has 0 radical (unpaired) electrons. The third-order valence-electron chi connectivity index (χ3n) is 11.9. The van der Waals surface area contributed by atoms with Gasteiger partial charge in [0, 0.05) is 19.3 Å². The van der Waals surface area contributed by atoms with Gasteiger partial charge in [-0.1, -0.05) is 216 Å². The number of quaternary nitrogens is 1. The minimum Gasteiger partial charge on any atom is -0.477 e. The fraction of sp³-hybridized carbons (Fsp3) is 0.772. The number of nitrogens with zero attached hydrogens (tertiary/aromatic N) is 1. The Bertz CT molecular complexity index is 1250. The second kappa shape index (κ2) is 47.5. The molecule has 0 aromatic rings. The molecule has 0 aromatic carbocycles. The molecule has 8 heteroatoms. The molecule has 0 amide bonds. The molecule has 0 bridgehead atoms. The molecule has 8 nitrogen and oxygen atoms in total. The summed E-state index contributed by atoms with van der Waals surface area (Å²) in [6.45, 7) is 4.62. The second-order valence-electron chi connectivity index (χ2n) is 19.1. The van der Waals surface area contributed by atoms with E-state index in [1.807, 2.05) is 21.1 Å². The van der Waals surface area contributed by atoms with Crippen LogP contribution in [0.3, 0.4) is 0 Å². The Hall–Kier alpha value is -2.97. The minimum atomic E-state index is -0.880. The number of aliphatic carboxylic acids is 1. The van der Waals surface area contributed by atoms with Crippen LogP contribution in [0.1, 0.15) is 232 Å². The van der Waals surface area contributed by atoms with Gasteiger partial charge in [0.1, 0.15) is 6.61 Å². The van der Waals surface area contributed by atoms with E-state index in [9.17, 15) is 19.5 Å². The van der Waals surface area contributed by atoms with Gasteiger partial charge in [-0.2, -0.15) is 0 Å². The lowest BCUT2D eigenvalue weighted by molar-refractivity contribution is -0.887. The highest BCUT2D eigenvalue weighted by molar-refractivity contribution is 5.72. The van der Waals surface area contributed by atoms with E-state index < -0.39 is 18.1 Å². The van der Waals surface area contributed by atoms with Gasteiger partial charge in [0.25, 0.3) is 0 Å². The van der Waals surface area contributed by atoms with Gasteiger partial charge in [0.2, 0.25) is 0 Å². The fourth-order valence-electron chi connectivity index (χ4n) is 7.83. The van der Waals surface area contributed by atoms with Crippen LogP contribution < -0.4 is 0 Å². The Morgan fingerprint density at radius 2 is 0.862 bits per heavy atom. The number of unbranched alkanes of at least 4 members (excludes halogenated alkanes) is 24. The number of esters is 2. The summed E-state index contributed by atoms with van der Waals surface area (Å²) in [5.41, 5.74) is 0. The quantitative estimate of drug-likeness (QED) is 0.0281. The first-order valence-corrected chi connectivity index (χ1v) is 26.8. The predicted molar refractivity (Wildman–Crippen MR) is 275 cm³/mol. The number of hydrogen-bond donors (Lipinski definition) is 1. The summed E-state index contributed by atoms with van der Waals surface area (Å²) in [4.78, 5) is 37.2. The number of ether oxygens (including phenoxy) is 3. The fourth-order valence-corrected chi connectivity index (χ4v) is 7.83. The Kier molecular flexibility index (Phi) is 45.3. The molecular formula is C57H102NO7+. The van der Waals surface area contributed by atoms with Crippen molar-refractivity contribution in [3.05, 3.63) is 60.8 Å².